The second kappa shape index (κ2) is 18.1. The summed E-state index contributed by atoms with van der Waals surface area (Å²) in [6.45, 7) is 5.43. The summed E-state index contributed by atoms with van der Waals surface area (Å²) in [4.78, 5) is 51.1. The van der Waals surface area contributed by atoms with Gasteiger partial charge >= 0.3 is 5.97 Å². The Balaban J connectivity index is 1.47. The maximum atomic E-state index is 13.3. The van der Waals surface area contributed by atoms with Crippen molar-refractivity contribution in [1.29, 1.82) is 0 Å². The third-order valence-electron chi connectivity index (χ3n) is 7.94. The predicted molar refractivity (Wildman–Crippen MR) is 208 cm³/mol. The van der Waals surface area contributed by atoms with Crippen LogP contribution in [-0.4, -0.2) is 74.6 Å². The summed E-state index contributed by atoms with van der Waals surface area (Å²) in [5, 5.41) is 15.2. The second-order valence-electron chi connectivity index (χ2n) is 13.5. The van der Waals surface area contributed by atoms with E-state index in [0.717, 1.165) is 22.6 Å². The molecule has 2 N–H and O–H groups in total. The van der Waals surface area contributed by atoms with E-state index < -0.39 is 43.1 Å². The molecule has 0 heterocycles. The van der Waals surface area contributed by atoms with Crippen LogP contribution in [0.15, 0.2) is 101 Å². The van der Waals surface area contributed by atoms with Gasteiger partial charge < -0.3 is 19.7 Å². The Morgan fingerprint density at radius 3 is 2.24 bits per heavy atom. The van der Waals surface area contributed by atoms with E-state index in [1.165, 1.54) is 42.0 Å². The van der Waals surface area contributed by atoms with Gasteiger partial charge in [-0.3, -0.25) is 24.5 Å². The minimum Gasteiger partial charge on any atom is -0.496 e. The Bertz CT molecular complexity index is 2080. The van der Waals surface area contributed by atoms with Crippen LogP contribution >= 0.6 is 11.8 Å². The highest BCUT2D eigenvalue weighted by Crippen LogP contribution is 2.33. The van der Waals surface area contributed by atoms with E-state index in [1.54, 1.807) is 26.2 Å². The number of nitrogens with zero attached hydrogens (tertiary/aromatic N) is 2. The van der Waals surface area contributed by atoms with Crippen LogP contribution in [0.3, 0.4) is 0 Å². The van der Waals surface area contributed by atoms with E-state index in [1.807, 2.05) is 74.0 Å². The number of amides is 2. The Morgan fingerprint density at radius 2 is 1.63 bits per heavy atom. The number of benzene rings is 4. The maximum Gasteiger partial charge on any atom is 0.306 e. The highest BCUT2D eigenvalue weighted by Gasteiger charge is 2.26. The zero-order valence-electron chi connectivity index (χ0n) is 31.0. The van der Waals surface area contributed by atoms with Gasteiger partial charge in [0, 0.05) is 60.8 Å². The van der Waals surface area contributed by atoms with E-state index in [9.17, 15) is 32.9 Å². The van der Waals surface area contributed by atoms with Crippen molar-refractivity contribution in [1.82, 2.24) is 9.62 Å². The van der Waals surface area contributed by atoms with Crippen molar-refractivity contribution < 1.29 is 37.2 Å². The Kier molecular flexibility index (Phi) is 13.8. The van der Waals surface area contributed by atoms with Gasteiger partial charge in [-0.25, -0.2) is 13.1 Å². The van der Waals surface area contributed by atoms with Gasteiger partial charge in [0.2, 0.25) is 5.91 Å². The van der Waals surface area contributed by atoms with Gasteiger partial charge in [-0.2, -0.15) is 0 Å². The molecular weight excluding hydrogens is 733 g/mol. The SMILES string of the molecule is COc1cc(CCC(=O)OC(C)(C)C)ccc1-c1ccc(C(=O)NS(=O)(=O)c2ccc(N[C@@H](CSc3ccccc3)CC(=O)N(C)C)c([N+](=O)[O-])c2)cc1. The molecule has 286 valence electrons. The first-order valence-corrected chi connectivity index (χ1v) is 19.4. The molecule has 0 radical (unpaired) electrons. The van der Waals surface area contributed by atoms with Crippen LogP contribution in [-0.2, 0) is 30.8 Å². The Hall–Kier alpha value is -5.41. The summed E-state index contributed by atoms with van der Waals surface area (Å²) in [6.07, 6.45) is 0.690. The van der Waals surface area contributed by atoms with Gasteiger partial charge in [0.1, 0.15) is 17.0 Å². The number of carbonyl (C=O) groups is 3. The first-order valence-electron chi connectivity index (χ1n) is 16.9. The molecule has 4 aromatic rings. The lowest BCUT2D eigenvalue weighted by Gasteiger charge is -2.21. The fraction of sp³-hybridized carbons (Fsp3) is 0.308. The van der Waals surface area contributed by atoms with Gasteiger partial charge in [-0.1, -0.05) is 42.5 Å². The number of methoxy groups -OCH3 is 1. The van der Waals surface area contributed by atoms with Crippen LogP contribution in [0.1, 0.15) is 49.5 Å². The van der Waals surface area contributed by atoms with Crippen molar-refractivity contribution in [3.8, 4) is 16.9 Å². The van der Waals surface area contributed by atoms with E-state index in [-0.39, 0.29) is 36.0 Å². The first kappa shape index (κ1) is 41.3. The lowest BCUT2D eigenvalue weighted by atomic mass is 9.99. The van der Waals surface area contributed by atoms with E-state index >= 15 is 0 Å². The minimum absolute atomic E-state index is 0.0255. The van der Waals surface area contributed by atoms with Crippen LogP contribution in [0.4, 0.5) is 11.4 Å². The Labute approximate surface area is 319 Å². The lowest BCUT2D eigenvalue weighted by Crippen LogP contribution is -2.32. The molecule has 4 rings (SSSR count). The molecule has 4 aromatic carbocycles. The van der Waals surface area contributed by atoms with Gasteiger partial charge in [0.15, 0.2) is 0 Å². The van der Waals surface area contributed by atoms with Crippen molar-refractivity contribution in [2.75, 3.05) is 32.3 Å². The highest BCUT2D eigenvalue weighted by atomic mass is 32.2. The number of hydrogen-bond donors (Lipinski definition) is 2. The molecule has 0 saturated heterocycles. The molecule has 0 bridgehead atoms. The fourth-order valence-electron chi connectivity index (χ4n) is 5.24. The molecule has 15 heteroatoms. The molecule has 0 aromatic heterocycles. The zero-order chi connectivity index (χ0) is 39.6. The average molecular weight is 777 g/mol. The number of ether oxygens (including phenoxy) is 2. The van der Waals surface area contributed by atoms with Crippen LogP contribution in [0.5, 0.6) is 5.75 Å². The van der Waals surface area contributed by atoms with Gasteiger partial charge in [0.25, 0.3) is 21.6 Å². The quantitative estimate of drug-likeness (QED) is 0.0536. The Morgan fingerprint density at radius 1 is 0.944 bits per heavy atom. The average Bonchev–Trinajstić information content (AvgIpc) is 3.12. The van der Waals surface area contributed by atoms with Crippen LogP contribution < -0.4 is 14.8 Å². The summed E-state index contributed by atoms with van der Waals surface area (Å²) < 4.78 is 39.6. The number of hydrogen-bond acceptors (Lipinski definition) is 11. The number of carbonyl (C=O) groups excluding carboxylic acids is 3. The first-order chi connectivity index (χ1) is 25.5. The molecule has 0 fully saturated rings. The van der Waals surface area contributed by atoms with E-state index in [4.69, 9.17) is 9.47 Å². The monoisotopic (exact) mass is 776 g/mol. The number of anilines is 1. The van der Waals surface area contributed by atoms with Gasteiger partial charge in [-0.05, 0) is 80.8 Å². The summed E-state index contributed by atoms with van der Waals surface area (Å²) in [7, 11) is 0.213. The second-order valence-corrected chi connectivity index (χ2v) is 16.3. The van der Waals surface area contributed by atoms with Crippen molar-refractivity contribution in [2.45, 2.75) is 61.5 Å². The molecule has 54 heavy (non-hydrogen) atoms. The molecule has 2 amide bonds. The largest absolute Gasteiger partial charge is 0.496 e. The van der Waals surface area contributed by atoms with Crippen molar-refractivity contribution in [3.63, 3.8) is 0 Å². The number of esters is 1. The van der Waals surface area contributed by atoms with E-state index in [2.05, 4.69) is 5.32 Å². The number of nitrogens with one attached hydrogen (secondary N) is 2. The minimum atomic E-state index is -4.53. The highest BCUT2D eigenvalue weighted by molar-refractivity contribution is 7.99. The smallest absolute Gasteiger partial charge is 0.306 e. The molecule has 0 unspecified atom stereocenters. The summed E-state index contributed by atoms with van der Waals surface area (Å²) in [6, 6.07) is 23.9. The number of aryl methyl sites for hydroxylation is 1. The normalized spacial score (nSPS) is 12.0. The third kappa shape index (κ3) is 11.8. The molecule has 0 aliphatic heterocycles. The van der Waals surface area contributed by atoms with Crippen LogP contribution in [0, 0.1) is 10.1 Å². The van der Waals surface area contributed by atoms with E-state index in [0.29, 0.717) is 29.1 Å². The zero-order valence-corrected chi connectivity index (χ0v) is 32.6. The molecule has 0 aliphatic rings. The molecular formula is C39H44N4O9S2. The summed E-state index contributed by atoms with van der Waals surface area (Å²) >= 11 is 1.47. The van der Waals surface area contributed by atoms with Gasteiger partial charge in [-0.15, -0.1) is 11.8 Å². The van der Waals surface area contributed by atoms with Crippen LogP contribution in [0.25, 0.3) is 11.1 Å². The topological polar surface area (TPSA) is 174 Å². The number of nitro benzene ring substituents is 1. The van der Waals surface area contributed by atoms with Crippen molar-refractivity contribution in [2.24, 2.45) is 0 Å². The maximum absolute atomic E-state index is 13.3. The third-order valence-corrected chi connectivity index (χ3v) is 10.4. The van der Waals surface area contributed by atoms with Crippen molar-refractivity contribution in [3.05, 3.63) is 112 Å². The molecule has 0 saturated carbocycles. The number of thioether (sulfide) groups is 1. The number of sulfonamides is 1. The summed E-state index contributed by atoms with van der Waals surface area (Å²) in [5.74, 6) is -0.495. The predicted octanol–water partition coefficient (Wildman–Crippen LogP) is 6.71. The van der Waals surface area contributed by atoms with Crippen molar-refractivity contribution >= 4 is 50.9 Å². The van der Waals surface area contributed by atoms with Gasteiger partial charge in [0.05, 0.1) is 16.9 Å². The molecule has 0 spiro atoms. The van der Waals surface area contributed by atoms with Crippen LogP contribution in [0.2, 0.25) is 0 Å². The fourth-order valence-corrected chi connectivity index (χ4v) is 7.18. The number of rotatable bonds is 16. The molecule has 0 aliphatic carbocycles. The summed E-state index contributed by atoms with van der Waals surface area (Å²) in [5.41, 5.74) is 1.23. The molecule has 1 atom stereocenters. The standard InChI is InChI=1S/C39H44N4O9S2/c1-39(2,3)52-37(45)21-13-26-12-19-32(35(22-26)51-6)27-14-16-28(17-15-27)38(46)41-54(49,50)31-18-20-33(34(24-31)43(47)48)40-29(23-36(44)42(4)5)25-53-30-10-8-7-9-11-30/h7-12,14-20,22,24,29,40H,13,21,23,25H2,1-6H3,(H,41,46)/t29-/m1/s1. The molecule has 13 nitrogen and oxygen atoms in total. The lowest BCUT2D eigenvalue weighted by molar-refractivity contribution is -0.384. The number of nitro groups is 1.